The maximum atomic E-state index is 12.2. The van der Waals surface area contributed by atoms with Crippen LogP contribution in [0.2, 0.25) is 0 Å². The molecule has 2 N–H and O–H groups in total. The van der Waals surface area contributed by atoms with E-state index >= 15 is 0 Å². The number of halogens is 1. The van der Waals surface area contributed by atoms with Crippen LogP contribution < -0.4 is 10.0 Å². The number of sulfonamides is 1. The Morgan fingerprint density at radius 1 is 1.29 bits per heavy atom. The van der Waals surface area contributed by atoms with Crippen molar-refractivity contribution in [1.82, 2.24) is 9.71 Å². The summed E-state index contributed by atoms with van der Waals surface area (Å²) < 4.78 is 27.9. The van der Waals surface area contributed by atoms with E-state index in [2.05, 4.69) is 37.9 Å². The van der Waals surface area contributed by atoms with Crippen molar-refractivity contribution in [1.29, 1.82) is 0 Å². The molecule has 0 aliphatic rings. The summed E-state index contributed by atoms with van der Waals surface area (Å²) in [7, 11) is -3.54. The fourth-order valence-corrected chi connectivity index (χ4v) is 4.06. The third-order valence-electron chi connectivity index (χ3n) is 2.67. The highest BCUT2D eigenvalue weighted by Gasteiger charge is 2.14. The van der Waals surface area contributed by atoms with Crippen molar-refractivity contribution < 1.29 is 8.42 Å². The van der Waals surface area contributed by atoms with Crippen molar-refractivity contribution in [2.24, 2.45) is 0 Å². The molecular formula is C13H16BrN3O2S2. The van der Waals surface area contributed by atoms with Crippen LogP contribution >= 0.6 is 27.3 Å². The molecular weight excluding hydrogens is 374 g/mol. The Morgan fingerprint density at radius 3 is 2.67 bits per heavy atom. The Labute approximate surface area is 137 Å². The quantitative estimate of drug-likeness (QED) is 0.762. The summed E-state index contributed by atoms with van der Waals surface area (Å²) in [6.07, 6.45) is 2.35. The molecule has 8 heteroatoms. The van der Waals surface area contributed by atoms with Crippen LogP contribution in [0.15, 0.2) is 39.1 Å². The first-order valence-electron chi connectivity index (χ1n) is 6.45. The van der Waals surface area contributed by atoms with E-state index in [1.54, 1.807) is 12.1 Å². The summed E-state index contributed by atoms with van der Waals surface area (Å²) in [5, 5.41) is 3.10. The number of thiophene rings is 1. The Morgan fingerprint density at radius 2 is 2.10 bits per heavy atom. The van der Waals surface area contributed by atoms with Crippen LogP contribution in [0.5, 0.6) is 0 Å². The minimum Gasteiger partial charge on any atom is -0.370 e. The lowest BCUT2D eigenvalue weighted by atomic mass is 10.4. The second-order valence-electron chi connectivity index (χ2n) is 4.34. The van der Waals surface area contributed by atoms with Crippen molar-refractivity contribution in [3.63, 3.8) is 0 Å². The van der Waals surface area contributed by atoms with Crippen LogP contribution in [0.4, 0.5) is 5.82 Å². The molecule has 21 heavy (non-hydrogen) atoms. The third kappa shape index (κ3) is 4.77. The highest BCUT2D eigenvalue weighted by atomic mass is 79.9. The molecule has 2 aromatic rings. The number of pyridine rings is 1. The molecule has 0 aliphatic carbocycles. The van der Waals surface area contributed by atoms with Crippen molar-refractivity contribution >= 4 is 43.1 Å². The van der Waals surface area contributed by atoms with Gasteiger partial charge < -0.3 is 5.32 Å². The Bertz CT molecular complexity index is 684. The van der Waals surface area contributed by atoms with E-state index in [1.165, 1.54) is 17.5 Å². The average Bonchev–Trinajstić information content (AvgIpc) is 2.89. The standard InChI is InChI=1S/C13H16BrN3O2S2/c1-2-7-15-13-6-4-11(9-16-13)21(18,19)17-8-10-3-5-12(14)20-10/h3-6,9,17H,2,7-8H2,1H3,(H,15,16). The summed E-state index contributed by atoms with van der Waals surface area (Å²) in [5.74, 6) is 0.679. The van der Waals surface area contributed by atoms with Gasteiger partial charge in [-0.05, 0) is 46.6 Å². The monoisotopic (exact) mass is 389 g/mol. The first-order valence-corrected chi connectivity index (χ1v) is 9.54. The molecule has 2 heterocycles. The van der Waals surface area contributed by atoms with Gasteiger partial charge in [-0.15, -0.1) is 11.3 Å². The molecule has 0 atom stereocenters. The third-order valence-corrected chi connectivity index (χ3v) is 5.68. The summed E-state index contributed by atoms with van der Waals surface area (Å²) in [4.78, 5) is 5.22. The van der Waals surface area contributed by atoms with E-state index in [4.69, 9.17) is 0 Å². The average molecular weight is 390 g/mol. The van der Waals surface area contributed by atoms with Gasteiger partial charge in [0.15, 0.2) is 0 Å². The first kappa shape index (κ1) is 16.4. The fraction of sp³-hybridized carbons (Fsp3) is 0.308. The highest BCUT2D eigenvalue weighted by Crippen LogP contribution is 2.22. The zero-order valence-electron chi connectivity index (χ0n) is 11.5. The Balaban J connectivity index is 2.01. The molecule has 0 saturated heterocycles. The summed E-state index contributed by atoms with van der Waals surface area (Å²) in [5.41, 5.74) is 0. The predicted molar refractivity (Wildman–Crippen MR) is 89.1 cm³/mol. The minimum absolute atomic E-state index is 0.167. The number of nitrogens with zero attached hydrogens (tertiary/aromatic N) is 1. The molecule has 114 valence electrons. The van der Waals surface area contributed by atoms with Crippen LogP contribution in [0.3, 0.4) is 0 Å². The van der Waals surface area contributed by atoms with Gasteiger partial charge in [0.05, 0.1) is 3.79 Å². The number of nitrogens with one attached hydrogen (secondary N) is 2. The van der Waals surface area contributed by atoms with Crippen molar-refractivity contribution in [3.8, 4) is 0 Å². The topological polar surface area (TPSA) is 71.1 Å². The smallest absolute Gasteiger partial charge is 0.242 e. The minimum atomic E-state index is -3.54. The second-order valence-corrected chi connectivity index (χ2v) is 8.65. The number of hydrogen-bond acceptors (Lipinski definition) is 5. The molecule has 0 saturated carbocycles. The van der Waals surface area contributed by atoms with Crippen molar-refractivity contribution in [2.45, 2.75) is 24.8 Å². The van der Waals surface area contributed by atoms with Gasteiger partial charge >= 0.3 is 0 Å². The first-order chi connectivity index (χ1) is 10.0. The zero-order chi connectivity index (χ0) is 15.3. The van der Waals surface area contributed by atoms with Crippen LogP contribution in [-0.4, -0.2) is 19.9 Å². The Kier molecular flexibility index (Phi) is 5.74. The van der Waals surface area contributed by atoms with Gasteiger partial charge in [0.1, 0.15) is 10.7 Å². The predicted octanol–water partition coefficient (Wildman–Crippen LogP) is 3.21. The summed E-state index contributed by atoms with van der Waals surface area (Å²) in [6.45, 7) is 3.14. The molecule has 0 spiro atoms. The van der Waals surface area contributed by atoms with Gasteiger partial charge in [-0.2, -0.15) is 0 Å². The van der Waals surface area contributed by atoms with Crippen LogP contribution in [0.1, 0.15) is 18.2 Å². The molecule has 0 radical (unpaired) electrons. The molecule has 2 rings (SSSR count). The van der Waals surface area contributed by atoms with Gasteiger partial charge in [0.25, 0.3) is 0 Å². The molecule has 0 aromatic carbocycles. The molecule has 5 nitrogen and oxygen atoms in total. The van der Waals surface area contributed by atoms with Gasteiger partial charge in [-0.1, -0.05) is 6.92 Å². The van der Waals surface area contributed by atoms with Gasteiger partial charge in [-0.25, -0.2) is 18.1 Å². The lowest BCUT2D eigenvalue weighted by Crippen LogP contribution is -2.23. The molecule has 0 bridgehead atoms. The molecule has 0 unspecified atom stereocenters. The van der Waals surface area contributed by atoms with E-state index in [9.17, 15) is 8.42 Å². The Hall–Kier alpha value is -0.960. The van der Waals surface area contributed by atoms with E-state index < -0.39 is 10.0 Å². The van der Waals surface area contributed by atoms with E-state index in [-0.39, 0.29) is 11.4 Å². The maximum absolute atomic E-state index is 12.2. The largest absolute Gasteiger partial charge is 0.370 e. The zero-order valence-corrected chi connectivity index (χ0v) is 14.7. The lowest BCUT2D eigenvalue weighted by Gasteiger charge is -2.07. The SMILES string of the molecule is CCCNc1ccc(S(=O)(=O)NCc2ccc(Br)s2)cn1. The number of hydrogen-bond donors (Lipinski definition) is 2. The number of anilines is 1. The molecule has 0 fully saturated rings. The molecule has 2 aromatic heterocycles. The van der Waals surface area contributed by atoms with Crippen LogP contribution in [-0.2, 0) is 16.6 Å². The summed E-state index contributed by atoms with van der Waals surface area (Å²) in [6, 6.07) is 7.00. The fourth-order valence-electron chi connectivity index (χ4n) is 1.59. The number of rotatable bonds is 7. The van der Waals surface area contributed by atoms with Gasteiger partial charge in [0.2, 0.25) is 10.0 Å². The van der Waals surface area contributed by atoms with Crippen LogP contribution in [0.25, 0.3) is 0 Å². The maximum Gasteiger partial charge on any atom is 0.242 e. The van der Waals surface area contributed by atoms with E-state index in [1.807, 2.05) is 12.1 Å². The summed E-state index contributed by atoms with van der Waals surface area (Å²) >= 11 is 4.85. The lowest BCUT2D eigenvalue weighted by molar-refractivity contribution is 0.581. The van der Waals surface area contributed by atoms with Gasteiger partial charge in [-0.3, -0.25) is 0 Å². The van der Waals surface area contributed by atoms with Crippen molar-refractivity contribution in [3.05, 3.63) is 39.1 Å². The van der Waals surface area contributed by atoms with Crippen molar-refractivity contribution in [2.75, 3.05) is 11.9 Å². The number of aromatic nitrogens is 1. The molecule has 0 aliphatic heterocycles. The second kappa shape index (κ2) is 7.35. The van der Waals surface area contributed by atoms with Crippen LogP contribution in [0, 0.1) is 0 Å². The highest BCUT2D eigenvalue weighted by molar-refractivity contribution is 9.11. The molecule has 0 amide bonds. The van der Waals surface area contributed by atoms with E-state index in [0.717, 1.165) is 21.6 Å². The van der Waals surface area contributed by atoms with Gasteiger partial charge in [0, 0.05) is 24.2 Å². The normalized spacial score (nSPS) is 11.5. The van der Waals surface area contributed by atoms with E-state index in [0.29, 0.717) is 5.82 Å².